The molecule has 0 saturated heterocycles. The number of hydrogen-bond acceptors (Lipinski definition) is 7. The molecular weight excluding hydrogens is 288 g/mol. The van der Waals surface area contributed by atoms with E-state index in [1.165, 1.54) is 12.1 Å². The summed E-state index contributed by atoms with van der Waals surface area (Å²) in [6.45, 7) is 0. The van der Waals surface area contributed by atoms with E-state index in [-0.39, 0.29) is 10.6 Å². The van der Waals surface area contributed by atoms with Crippen LogP contribution in [0, 0.1) is 10.1 Å². The normalized spacial score (nSPS) is 11.9. The standard InChI is InChI=1S/C11H14N2O4S2/c1-18-7-6-8(12)11(14)17-19-10-5-3-2-4-9(10)13(15)16/h2-5,8H,6-7,12H2,1H3/t8-/m0/s1. The fourth-order valence-corrected chi connectivity index (χ4v) is 2.34. The van der Waals surface area contributed by atoms with Gasteiger partial charge in [-0.05, 0) is 24.5 Å². The zero-order valence-electron chi connectivity index (χ0n) is 10.3. The number of para-hydroxylation sites is 1. The molecule has 0 bridgehead atoms. The second kappa shape index (κ2) is 8.03. The summed E-state index contributed by atoms with van der Waals surface area (Å²) in [4.78, 5) is 22.1. The van der Waals surface area contributed by atoms with Crippen LogP contribution < -0.4 is 5.73 Å². The fourth-order valence-electron chi connectivity index (χ4n) is 1.19. The van der Waals surface area contributed by atoms with Crippen LogP contribution in [0.4, 0.5) is 5.69 Å². The van der Waals surface area contributed by atoms with Gasteiger partial charge in [0.15, 0.2) is 0 Å². The third-order valence-corrected chi connectivity index (χ3v) is 3.63. The van der Waals surface area contributed by atoms with Gasteiger partial charge in [-0.3, -0.25) is 10.1 Å². The summed E-state index contributed by atoms with van der Waals surface area (Å²) in [6.07, 6.45) is 2.43. The first-order valence-corrected chi connectivity index (χ1v) is 7.56. The Morgan fingerprint density at radius 1 is 1.53 bits per heavy atom. The van der Waals surface area contributed by atoms with Gasteiger partial charge in [-0.15, -0.1) is 0 Å². The monoisotopic (exact) mass is 302 g/mol. The number of thioether (sulfide) groups is 1. The van der Waals surface area contributed by atoms with Crippen molar-refractivity contribution in [3.8, 4) is 0 Å². The smallest absolute Gasteiger partial charge is 0.335 e. The molecule has 2 N–H and O–H groups in total. The first-order valence-electron chi connectivity index (χ1n) is 5.42. The maximum Gasteiger partial charge on any atom is 0.335 e. The summed E-state index contributed by atoms with van der Waals surface area (Å²) in [5.74, 6) is 0.184. The lowest BCUT2D eigenvalue weighted by Gasteiger charge is -2.09. The molecule has 104 valence electrons. The molecule has 0 spiro atoms. The predicted octanol–water partition coefficient (Wildman–Crippen LogP) is 2.23. The van der Waals surface area contributed by atoms with Crippen molar-refractivity contribution in [1.29, 1.82) is 0 Å². The lowest BCUT2D eigenvalue weighted by molar-refractivity contribution is -0.387. The Morgan fingerprint density at radius 3 is 2.84 bits per heavy atom. The molecule has 1 aromatic carbocycles. The highest BCUT2D eigenvalue weighted by atomic mass is 32.2. The Labute approximate surface area is 119 Å². The highest BCUT2D eigenvalue weighted by Gasteiger charge is 2.19. The van der Waals surface area contributed by atoms with Gasteiger partial charge in [0.05, 0.1) is 4.92 Å². The van der Waals surface area contributed by atoms with E-state index in [9.17, 15) is 14.9 Å². The third-order valence-electron chi connectivity index (χ3n) is 2.21. The third kappa shape index (κ3) is 5.09. The van der Waals surface area contributed by atoms with Gasteiger partial charge in [0.25, 0.3) is 5.69 Å². The van der Waals surface area contributed by atoms with Gasteiger partial charge in [-0.2, -0.15) is 11.8 Å². The van der Waals surface area contributed by atoms with E-state index in [1.807, 2.05) is 6.26 Å². The van der Waals surface area contributed by atoms with Crippen LogP contribution in [0.2, 0.25) is 0 Å². The first kappa shape index (κ1) is 15.8. The van der Waals surface area contributed by atoms with Crippen molar-refractivity contribution in [2.24, 2.45) is 5.73 Å². The van der Waals surface area contributed by atoms with Gasteiger partial charge < -0.3 is 9.92 Å². The zero-order chi connectivity index (χ0) is 14.3. The quantitative estimate of drug-likeness (QED) is 0.468. The van der Waals surface area contributed by atoms with Crippen molar-refractivity contribution in [2.75, 3.05) is 12.0 Å². The second-order valence-corrected chi connectivity index (χ2v) is 5.36. The largest absolute Gasteiger partial charge is 0.385 e. The lowest BCUT2D eigenvalue weighted by atomic mass is 10.2. The molecule has 8 heteroatoms. The summed E-state index contributed by atoms with van der Waals surface area (Å²) in [6, 6.07) is 5.35. The molecule has 0 saturated carbocycles. The minimum absolute atomic E-state index is 0.0991. The van der Waals surface area contributed by atoms with Crippen molar-refractivity contribution >= 4 is 35.5 Å². The van der Waals surface area contributed by atoms with E-state index < -0.39 is 16.9 Å². The molecule has 0 amide bonds. The fraction of sp³-hybridized carbons (Fsp3) is 0.364. The van der Waals surface area contributed by atoms with Crippen LogP contribution in [0.25, 0.3) is 0 Å². The second-order valence-electron chi connectivity index (χ2n) is 3.60. The van der Waals surface area contributed by atoms with Crippen LogP contribution in [0.15, 0.2) is 29.2 Å². The highest BCUT2D eigenvalue weighted by Crippen LogP contribution is 2.29. The van der Waals surface area contributed by atoms with Gasteiger partial charge in [0.1, 0.15) is 23.0 Å². The topological polar surface area (TPSA) is 95.5 Å². The molecule has 0 radical (unpaired) electrons. The average molecular weight is 302 g/mol. The molecule has 0 heterocycles. The van der Waals surface area contributed by atoms with Gasteiger partial charge in [0.2, 0.25) is 0 Å². The van der Waals surface area contributed by atoms with Gasteiger partial charge in [-0.25, -0.2) is 4.79 Å². The molecular formula is C11H14N2O4S2. The molecule has 0 unspecified atom stereocenters. The number of carbonyl (C=O) groups excluding carboxylic acids is 1. The van der Waals surface area contributed by atoms with Crippen LogP contribution >= 0.6 is 23.8 Å². The molecule has 1 rings (SSSR count). The van der Waals surface area contributed by atoms with E-state index in [1.54, 1.807) is 23.9 Å². The van der Waals surface area contributed by atoms with Crippen molar-refractivity contribution in [3.63, 3.8) is 0 Å². The average Bonchev–Trinajstić information content (AvgIpc) is 2.42. The molecule has 0 aliphatic carbocycles. The number of carbonyl (C=O) groups is 1. The summed E-state index contributed by atoms with van der Waals surface area (Å²) >= 11 is 2.25. The van der Waals surface area contributed by atoms with Crippen LogP contribution in [0.5, 0.6) is 0 Å². The van der Waals surface area contributed by atoms with Crippen LogP contribution in [0.3, 0.4) is 0 Å². The summed E-state index contributed by atoms with van der Waals surface area (Å²) < 4.78 is 4.92. The number of nitro benzene ring substituents is 1. The molecule has 6 nitrogen and oxygen atoms in total. The number of benzene rings is 1. The lowest BCUT2D eigenvalue weighted by Crippen LogP contribution is -2.31. The van der Waals surface area contributed by atoms with Crippen LogP contribution in [0.1, 0.15) is 6.42 Å². The Kier molecular flexibility index (Phi) is 6.68. The summed E-state index contributed by atoms with van der Waals surface area (Å²) in [7, 11) is 0. The number of nitrogens with zero attached hydrogens (tertiary/aromatic N) is 1. The van der Waals surface area contributed by atoms with E-state index in [0.29, 0.717) is 18.5 Å². The summed E-state index contributed by atoms with van der Waals surface area (Å²) in [5, 5.41) is 10.8. The van der Waals surface area contributed by atoms with Crippen molar-refractivity contribution in [1.82, 2.24) is 0 Å². The maximum atomic E-state index is 11.6. The van der Waals surface area contributed by atoms with Crippen molar-refractivity contribution in [3.05, 3.63) is 34.4 Å². The van der Waals surface area contributed by atoms with Gasteiger partial charge >= 0.3 is 5.97 Å². The minimum Gasteiger partial charge on any atom is -0.385 e. The van der Waals surface area contributed by atoms with E-state index in [4.69, 9.17) is 9.92 Å². The molecule has 0 aliphatic heterocycles. The molecule has 1 atom stereocenters. The molecule has 0 fully saturated rings. The number of rotatable bonds is 7. The first-order chi connectivity index (χ1) is 9.06. The Hall–Kier alpha value is -1.25. The molecule has 0 aliphatic rings. The van der Waals surface area contributed by atoms with E-state index in [2.05, 4.69) is 0 Å². The minimum atomic E-state index is -0.706. The van der Waals surface area contributed by atoms with E-state index in [0.717, 1.165) is 5.75 Å². The Morgan fingerprint density at radius 2 is 2.21 bits per heavy atom. The molecule has 1 aromatic rings. The number of nitrogens with two attached hydrogens (primary N) is 1. The summed E-state index contributed by atoms with van der Waals surface area (Å²) in [5.41, 5.74) is 5.53. The van der Waals surface area contributed by atoms with Crippen LogP contribution in [-0.4, -0.2) is 28.9 Å². The van der Waals surface area contributed by atoms with Crippen molar-refractivity contribution in [2.45, 2.75) is 17.4 Å². The zero-order valence-corrected chi connectivity index (χ0v) is 11.9. The van der Waals surface area contributed by atoms with Crippen LogP contribution in [-0.2, 0) is 8.98 Å². The molecule has 19 heavy (non-hydrogen) atoms. The van der Waals surface area contributed by atoms with Crippen molar-refractivity contribution < 1.29 is 13.9 Å². The Bertz CT molecular complexity index is 456. The predicted molar refractivity (Wildman–Crippen MR) is 76.0 cm³/mol. The molecule has 0 aromatic heterocycles. The number of nitro groups is 1. The SMILES string of the molecule is CSCC[C@H](N)C(=O)OSc1ccccc1[N+](=O)[O-]. The number of hydrogen-bond donors (Lipinski definition) is 1. The van der Waals surface area contributed by atoms with Gasteiger partial charge in [0, 0.05) is 6.07 Å². The highest BCUT2D eigenvalue weighted by molar-refractivity contribution is 7.98. The van der Waals surface area contributed by atoms with Gasteiger partial charge in [-0.1, -0.05) is 12.1 Å². The van der Waals surface area contributed by atoms with E-state index >= 15 is 0 Å². The Balaban J connectivity index is 2.57. The maximum absolute atomic E-state index is 11.6.